The third-order valence-corrected chi connectivity index (χ3v) is 6.80. The number of halogens is 3. The van der Waals surface area contributed by atoms with Crippen molar-refractivity contribution >= 4 is 32.3 Å². The minimum atomic E-state index is -4.30. The Morgan fingerprint density at radius 3 is 2.56 bits per heavy atom. The molecule has 0 aliphatic rings. The number of nitrogens with one attached hydrogen (secondary N) is 1. The van der Waals surface area contributed by atoms with Gasteiger partial charge in [-0.25, -0.2) is 21.6 Å². The van der Waals surface area contributed by atoms with Crippen LogP contribution in [0.25, 0.3) is 0 Å². The second kappa shape index (κ2) is 8.35. The highest BCUT2D eigenvalue weighted by atomic mass is 32.2. The average Bonchev–Trinajstić information content (AvgIpc) is 2.99. The van der Waals surface area contributed by atoms with E-state index in [1.54, 1.807) is 0 Å². The summed E-state index contributed by atoms with van der Waals surface area (Å²) >= 11 is 0.510. The zero-order chi connectivity index (χ0) is 20.4. The number of carbonyl (C=O) groups is 1. The van der Waals surface area contributed by atoms with Gasteiger partial charge in [0.05, 0.1) is 12.1 Å². The molecule has 1 unspecified atom stereocenters. The molecule has 1 heterocycles. The van der Waals surface area contributed by atoms with Crippen LogP contribution in [0.4, 0.5) is 18.2 Å². The lowest BCUT2D eigenvalue weighted by atomic mass is 10.2. The van der Waals surface area contributed by atoms with Crippen LogP contribution < -0.4 is 11.1 Å². The summed E-state index contributed by atoms with van der Waals surface area (Å²) in [5.74, 6) is -1.69. The molecule has 0 fully saturated rings. The van der Waals surface area contributed by atoms with Gasteiger partial charge in [-0.2, -0.15) is 4.31 Å². The highest BCUT2D eigenvalue weighted by Gasteiger charge is 2.29. The fourth-order valence-electron chi connectivity index (χ4n) is 2.09. The molecule has 1 atom stereocenters. The van der Waals surface area contributed by atoms with Gasteiger partial charge < -0.3 is 16.2 Å². The molecule has 0 spiro atoms. The van der Waals surface area contributed by atoms with Gasteiger partial charge in [-0.3, -0.25) is 4.79 Å². The minimum absolute atomic E-state index is 0.137. The Morgan fingerprint density at radius 2 is 2.00 bits per heavy atom. The van der Waals surface area contributed by atoms with Gasteiger partial charge in [-0.05, 0) is 18.2 Å². The lowest BCUT2D eigenvalue weighted by Gasteiger charge is -2.14. The number of hydrogen-bond acceptors (Lipinski definition) is 6. The number of thiophene rings is 1. The fourth-order valence-corrected chi connectivity index (χ4v) is 4.86. The Labute approximate surface area is 157 Å². The van der Waals surface area contributed by atoms with Crippen molar-refractivity contribution in [1.82, 2.24) is 4.31 Å². The zero-order valence-corrected chi connectivity index (χ0v) is 15.5. The van der Waals surface area contributed by atoms with E-state index in [9.17, 15) is 31.5 Å². The summed E-state index contributed by atoms with van der Waals surface area (Å²) in [6.07, 6.45) is -4.54. The standard InChI is InChI=1S/C15H16F3N3O4S2/c1-21(7-11(17)18)27(24,25)12-6-9(13(19)22)15(26-12)20-14(23)8-4-2-3-5-10(8)16/h2-6,11,13,22H,7,19H2,1H3,(H,20,23). The number of aliphatic hydroxyl groups is 1. The molecule has 0 bridgehead atoms. The topological polar surface area (TPSA) is 113 Å². The van der Waals surface area contributed by atoms with E-state index >= 15 is 0 Å². The van der Waals surface area contributed by atoms with E-state index in [0.717, 1.165) is 19.2 Å². The Bertz CT molecular complexity index is 932. The zero-order valence-electron chi connectivity index (χ0n) is 13.9. The van der Waals surface area contributed by atoms with E-state index in [2.05, 4.69) is 5.32 Å². The Morgan fingerprint density at radius 1 is 1.37 bits per heavy atom. The van der Waals surface area contributed by atoms with E-state index in [1.807, 2.05) is 0 Å². The van der Waals surface area contributed by atoms with Gasteiger partial charge in [-0.1, -0.05) is 12.1 Å². The number of nitrogens with two attached hydrogens (primary N) is 1. The number of rotatable bonds is 7. The SMILES string of the molecule is CN(CC(F)F)S(=O)(=O)c1cc(C(N)O)c(NC(=O)c2ccccc2F)s1. The molecule has 0 saturated carbocycles. The molecule has 1 amide bonds. The summed E-state index contributed by atoms with van der Waals surface area (Å²) < 4.78 is 63.5. The quantitative estimate of drug-likeness (QED) is 0.590. The smallest absolute Gasteiger partial charge is 0.259 e. The Hall–Kier alpha value is -1.99. The van der Waals surface area contributed by atoms with Crippen LogP contribution in [-0.2, 0) is 10.0 Å². The van der Waals surface area contributed by atoms with Crippen LogP contribution in [0.2, 0.25) is 0 Å². The van der Waals surface area contributed by atoms with Crippen LogP contribution in [0.3, 0.4) is 0 Å². The van der Waals surface area contributed by atoms with Gasteiger partial charge >= 0.3 is 0 Å². The number of nitrogens with zero attached hydrogens (tertiary/aromatic N) is 1. The number of alkyl halides is 2. The summed E-state index contributed by atoms with van der Waals surface area (Å²) in [5, 5.41) is 11.8. The summed E-state index contributed by atoms with van der Waals surface area (Å²) in [6, 6.07) is 6.07. The van der Waals surface area contributed by atoms with Crippen molar-refractivity contribution in [3.63, 3.8) is 0 Å². The predicted octanol–water partition coefficient (Wildman–Crippen LogP) is 1.97. The monoisotopic (exact) mass is 423 g/mol. The van der Waals surface area contributed by atoms with Crippen molar-refractivity contribution in [2.24, 2.45) is 5.73 Å². The first kappa shape index (κ1) is 21.3. The number of sulfonamides is 1. The first-order valence-corrected chi connectivity index (χ1v) is 9.67. The lowest BCUT2D eigenvalue weighted by Crippen LogP contribution is -2.30. The van der Waals surface area contributed by atoms with E-state index < -0.39 is 45.2 Å². The maximum Gasteiger partial charge on any atom is 0.259 e. The number of carbonyl (C=O) groups excluding carboxylic acids is 1. The highest BCUT2D eigenvalue weighted by Crippen LogP contribution is 2.35. The first-order valence-electron chi connectivity index (χ1n) is 7.41. The minimum Gasteiger partial charge on any atom is -0.374 e. The van der Waals surface area contributed by atoms with Crippen LogP contribution in [0, 0.1) is 5.82 Å². The molecular weight excluding hydrogens is 407 g/mol. The summed E-state index contributed by atoms with van der Waals surface area (Å²) in [7, 11) is -3.33. The number of amides is 1. The van der Waals surface area contributed by atoms with E-state index in [0.29, 0.717) is 15.6 Å². The highest BCUT2D eigenvalue weighted by molar-refractivity contribution is 7.91. The number of hydrogen-bond donors (Lipinski definition) is 3. The molecule has 7 nitrogen and oxygen atoms in total. The van der Waals surface area contributed by atoms with Crippen molar-refractivity contribution in [2.75, 3.05) is 18.9 Å². The van der Waals surface area contributed by atoms with Crippen molar-refractivity contribution in [3.05, 3.63) is 47.3 Å². The molecule has 27 heavy (non-hydrogen) atoms. The van der Waals surface area contributed by atoms with Gasteiger partial charge in [0.1, 0.15) is 21.3 Å². The molecule has 1 aromatic carbocycles. The van der Waals surface area contributed by atoms with E-state index in [1.165, 1.54) is 18.2 Å². The second-order valence-corrected chi connectivity index (χ2v) is 8.73. The van der Waals surface area contributed by atoms with Crippen LogP contribution in [-0.4, -0.2) is 43.8 Å². The lowest BCUT2D eigenvalue weighted by molar-refractivity contribution is 0.102. The van der Waals surface area contributed by atoms with Crippen molar-refractivity contribution in [3.8, 4) is 0 Å². The van der Waals surface area contributed by atoms with Crippen molar-refractivity contribution in [1.29, 1.82) is 0 Å². The molecule has 12 heteroatoms. The molecule has 0 aliphatic carbocycles. The van der Waals surface area contributed by atoms with Gasteiger partial charge in [-0.15, -0.1) is 11.3 Å². The van der Waals surface area contributed by atoms with Gasteiger partial charge in [0.25, 0.3) is 22.4 Å². The van der Waals surface area contributed by atoms with Crippen LogP contribution in [0.15, 0.2) is 34.5 Å². The summed E-state index contributed by atoms with van der Waals surface area (Å²) in [6.45, 7) is -1.03. The molecule has 0 saturated heterocycles. The third kappa shape index (κ3) is 4.84. The molecule has 2 rings (SSSR count). The van der Waals surface area contributed by atoms with Crippen LogP contribution in [0.1, 0.15) is 22.1 Å². The molecule has 4 N–H and O–H groups in total. The number of benzene rings is 1. The van der Waals surface area contributed by atoms with Gasteiger partial charge in [0.15, 0.2) is 0 Å². The maximum atomic E-state index is 13.7. The van der Waals surface area contributed by atoms with Gasteiger partial charge in [0.2, 0.25) is 0 Å². The molecule has 0 aliphatic heterocycles. The molecule has 2 aromatic rings. The van der Waals surface area contributed by atoms with E-state index in [-0.39, 0.29) is 16.1 Å². The largest absolute Gasteiger partial charge is 0.374 e. The van der Waals surface area contributed by atoms with E-state index in [4.69, 9.17) is 5.73 Å². The first-order chi connectivity index (χ1) is 12.5. The van der Waals surface area contributed by atoms with Crippen molar-refractivity contribution in [2.45, 2.75) is 16.9 Å². The molecule has 1 aromatic heterocycles. The summed E-state index contributed by atoms with van der Waals surface area (Å²) in [4.78, 5) is 12.2. The molecular formula is C15H16F3N3O4S2. The Kier molecular flexibility index (Phi) is 6.59. The molecule has 0 radical (unpaired) electrons. The maximum absolute atomic E-state index is 13.7. The van der Waals surface area contributed by atoms with Gasteiger partial charge in [0, 0.05) is 12.6 Å². The van der Waals surface area contributed by atoms with Crippen LogP contribution in [0.5, 0.6) is 0 Å². The van der Waals surface area contributed by atoms with Crippen molar-refractivity contribution < 1.29 is 31.5 Å². The predicted molar refractivity (Wildman–Crippen MR) is 93.6 cm³/mol. The normalized spacial score (nSPS) is 13.2. The van der Waals surface area contributed by atoms with Crippen LogP contribution >= 0.6 is 11.3 Å². The number of aliphatic hydroxyl groups excluding tert-OH is 1. The summed E-state index contributed by atoms with van der Waals surface area (Å²) in [5.41, 5.74) is 4.93. The third-order valence-electron chi connectivity index (χ3n) is 3.46. The fraction of sp³-hybridized carbons (Fsp3) is 0.267. The Balaban J connectivity index is 2.38. The molecule has 148 valence electrons. The second-order valence-electron chi connectivity index (χ2n) is 5.41. The number of anilines is 1. The average molecular weight is 423 g/mol.